The number of carbonyl (C=O) groups is 3. The largest absolute Gasteiger partial charge is 0.495 e. The molecule has 1 heterocycles. The van der Waals surface area contributed by atoms with E-state index in [-0.39, 0.29) is 18.9 Å². The Balaban J connectivity index is 1.57. The second-order valence-corrected chi connectivity index (χ2v) is 6.74. The van der Waals surface area contributed by atoms with Gasteiger partial charge in [-0.3, -0.25) is 14.4 Å². The fourth-order valence-electron chi connectivity index (χ4n) is 3.09. The van der Waals surface area contributed by atoms with E-state index in [1.807, 2.05) is 19.1 Å². The topological polar surface area (TPSA) is 84.9 Å². The summed E-state index contributed by atoms with van der Waals surface area (Å²) in [7, 11) is 1.51. The predicted molar refractivity (Wildman–Crippen MR) is 104 cm³/mol. The molecule has 1 aliphatic heterocycles. The third-order valence-corrected chi connectivity index (χ3v) is 4.56. The maximum Gasteiger partial charge on any atom is 0.311 e. The van der Waals surface area contributed by atoms with Gasteiger partial charge >= 0.3 is 5.97 Å². The van der Waals surface area contributed by atoms with Gasteiger partial charge in [-0.25, -0.2) is 4.39 Å². The highest BCUT2D eigenvalue weighted by Crippen LogP contribution is 2.34. The van der Waals surface area contributed by atoms with Crippen LogP contribution in [0.5, 0.6) is 5.75 Å². The van der Waals surface area contributed by atoms with Crippen molar-refractivity contribution in [1.82, 2.24) is 0 Å². The highest BCUT2D eigenvalue weighted by Gasteiger charge is 2.37. The average molecular weight is 400 g/mol. The molecule has 7 nitrogen and oxygen atoms in total. The lowest BCUT2D eigenvalue weighted by Gasteiger charge is -2.20. The number of hydrogen-bond acceptors (Lipinski definition) is 5. The van der Waals surface area contributed by atoms with Crippen molar-refractivity contribution in [3.05, 3.63) is 53.8 Å². The molecular weight excluding hydrogens is 379 g/mol. The number of nitrogens with one attached hydrogen (secondary N) is 1. The van der Waals surface area contributed by atoms with Crippen LogP contribution in [0.4, 0.5) is 15.8 Å². The molecule has 3 rings (SSSR count). The van der Waals surface area contributed by atoms with E-state index in [2.05, 4.69) is 5.32 Å². The van der Waals surface area contributed by atoms with Gasteiger partial charge in [-0.1, -0.05) is 6.07 Å². The number of aryl methyl sites for hydroxylation is 1. The van der Waals surface area contributed by atoms with Crippen LogP contribution in [0.1, 0.15) is 12.0 Å². The summed E-state index contributed by atoms with van der Waals surface area (Å²) in [5.41, 5.74) is 1.94. The standard InChI is InChI=1S/C21H21FN2O5/c1-13-3-8-18(28-2)17(9-13)24-11-14(10-20(24)26)21(27)29-12-19(25)23-16-6-4-15(22)5-7-16/h3-9,14H,10-12H2,1-2H3,(H,23,25)/t14-/m1/s1. The van der Waals surface area contributed by atoms with E-state index in [9.17, 15) is 18.8 Å². The number of anilines is 2. The van der Waals surface area contributed by atoms with E-state index >= 15 is 0 Å². The maximum atomic E-state index is 12.9. The Bertz CT molecular complexity index is 929. The summed E-state index contributed by atoms with van der Waals surface area (Å²) in [5.74, 6) is -1.95. The van der Waals surface area contributed by atoms with E-state index in [1.165, 1.54) is 36.3 Å². The second-order valence-electron chi connectivity index (χ2n) is 6.74. The minimum Gasteiger partial charge on any atom is -0.495 e. The number of halogens is 1. The minimum absolute atomic E-state index is 0.00445. The SMILES string of the molecule is COc1ccc(C)cc1N1C[C@H](C(=O)OCC(=O)Nc2ccc(F)cc2)CC1=O. The van der Waals surface area contributed by atoms with Crippen molar-refractivity contribution in [1.29, 1.82) is 0 Å². The van der Waals surface area contributed by atoms with Gasteiger partial charge in [0.15, 0.2) is 6.61 Å². The quantitative estimate of drug-likeness (QED) is 0.754. The summed E-state index contributed by atoms with van der Waals surface area (Å²) in [6.07, 6.45) is -0.00445. The zero-order chi connectivity index (χ0) is 21.0. The fourth-order valence-corrected chi connectivity index (χ4v) is 3.09. The summed E-state index contributed by atoms with van der Waals surface area (Å²) < 4.78 is 23.3. The molecule has 1 fully saturated rings. The monoisotopic (exact) mass is 400 g/mol. The number of ether oxygens (including phenoxy) is 2. The third kappa shape index (κ3) is 4.90. The van der Waals surface area contributed by atoms with Crippen LogP contribution >= 0.6 is 0 Å². The van der Waals surface area contributed by atoms with E-state index in [4.69, 9.17) is 9.47 Å². The lowest BCUT2D eigenvalue weighted by Crippen LogP contribution is -2.28. The zero-order valence-corrected chi connectivity index (χ0v) is 16.1. The molecule has 1 aliphatic rings. The lowest BCUT2D eigenvalue weighted by atomic mass is 10.1. The Kier molecular flexibility index (Phi) is 6.11. The molecule has 1 N–H and O–H groups in total. The number of methoxy groups -OCH3 is 1. The molecule has 2 amide bonds. The molecule has 0 aliphatic carbocycles. The first kappa shape index (κ1) is 20.3. The number of nitrogens with zero attached hydrogens (tertiary/aromatic N) is 1. The van der Waals surface area contributed by atoms with Crippen LogP contribution in [0.3, 0.4) is 0 Å². The van der Waals surface area contributed by atoms with Gasteiger partial charge in [0.1, 0.15) is 11.6 Å². The first-order valence-electron chi connectivity index (χ1n) is 9.04. The van der Waals surface area contributed by atoms with Crippen molar-refractivity contribution in [2.45, 2.75) is 13.3 Å². The molecule has 1 atom stereocenters. The van der Waals surface area contributed by atoms with Crippen molar-refractivity contribution >= 4 is 29.2 Å². The van der Waals surface area contributed by atoms with Crippen LogP contribution in [0.2, 0.25) is 0 Å². The van der Waals surface area contributed by atoms with Crippen LogP contribution in [0.15, 0.2) is 42.5 Å². The van der Waals surface area contributed by atoms with Crippen LogP contribution in [0, 0.1) is 18.7 Å². The maximum absolute atomic E-state index is 12.9. The van der Waals surface area contributed by atoms with Gasteiger partial charge in [0.2, 0.25) is 5.91 Å². The van der Waals surface area contributed by atoms with Gasteiger partial charge in [0, 0.05) is 18.7 Å². The van der Waals surface area contributed by atoms with Crippen LogP contribution in [0.25, 0.3) is 0 Å². The van der Waals surface area contributed by atoms with E-state index in [0.29, 0.717) is 17.1 Å². The number of rotatable bonds is 6. The van der Waals surface area contributed by atoms with Gasteiger partial charge in [0.25, 0.3) is 5.91 Å². The second kappa shape index (κ2) is 8.72. The number of amides is 2. The summed E-state index contributed by atoms with van der Waals surface area (Å²) >= 11 is 0. The Morgan fingerprint density at radius 2 is 1.93 bits per heavy atom. The Morgan fingerprint density at radius 1 is 1.21 bits per heavy atom. The van der Waals surface area contributed by atoms with E-state index < -0.39 is 30.2 Å². The van der Waals surface area contributed by atoms with Gasteiger partial charge < -0.3 is 19.7 Å². The molecule has 1 saturated heterocycles. The van der Waals surface area contributed by atoms with Gasteiger partial charge in [-0.2, -0.15) is 0 Å². The molecule has 0 bridgehead atoms. The highest BCUT2D eigenvalue weighted by atomic mass is 19.1. The predicted octanol–water partition coefficient (Wildman–Crippen LogP) is 2.68. The van der Waals surface area contributed by atoms with Gasteiger partial charge in [0.05, 0.1) is 18.7 Å². The molecule has 152 valence electrons. The lowest BCUT2D eigenvalue weighted by molar-refractivity contribution is -0.151. The number of carbonyl (C=O) groups excluding carboxylic acids is 3. The fraction of sp³-hybridized carbons (Fsp3) is 0.286. The highest BCUT2D eigenvalue weighted by molar-refractivity contribution is 6.01. The van der Waals surface area contributed by atoms with Gasteiger partial charge in [-0.15, -0.1) is 0 Å². The minimum atomic E-state index is -0.675. The number of esters is 1. The molecule has 0 spiro atoms. The Morgan fingerprint density at radius 3 is 2.62 bits per heavy atom. The first-order chi connectivity index (χ1) is 13.9. The first-order valence-corrected chi connectivity index (χ1v) is 9.04. The molecule has 0 aromatic heterocycles. The Labute approximate surface area is 167 Å². The molecule has 8 heteroatoms. The normalized spacial score (nSPS) is 15.9. The van der Waals surface area contributed by atoms with Crippen LogP contribution < -0.4 is 15.0 Å². The smallest absolute Gasteiger partial charge is 0.311 e. The van der Waals surface area contributed by atoms with Crippen molar-refractivity contribution < 1.29 is 28.2 Å². The molecule has 0 unspecified atom stereocenters. The molecule has 0 saturated carbocycles. The molecule has 0 radical (unpaired) electrons. The summed E-state index contributed by atoms with van der Waals surface area (Å²) in [5, 5.41) is 2.50. The van der Waals surface area contributed by atoms with Gasteiger partial charge in [-0.05, 0) is 48.9 Å². The molecular formula is C21H21FN2O5. The summed E-state index contributed by atoms with van der Waals surface area (Å²) in [6.45, 7) is 1.56. The summed E-state index contributed by atoms with van der Waals surface area (Å²) in [4.78, 5) is 38.2. The Hall–Kier alpha value is -3.42. The molecule has 29 heavy (non-hydrogen) atoms. The van der Waals surface area contributed by atoms with Crippen LogP contribution in [-0.2, 0) is 19.1 Å². The van der Waals surface area contributed by atoms with Crippen molar-refractivity contribution in [3.63, 3.8) is 0 Å². The van der Waals surface area contributed by atoms with Crippen molar-refractivity contribution in [3.8, 4) is 5.75 Å². The van der Waals surface area contributed by atoms with Crippen molar-refractivity contribution in [2.24, 2.45) is 5.92 Å². The third-order valence-electron chi connectivity index (χ3n) is 4.56. The molecule has 2 aromatic carbocycles. The zero-order valence-electron chi connectivity index (χ0n) is 16.1. The molecule has 2 aromatic rings. The number of benzene rings is 2. The van der Waals surface area contributed by atoms with E-state index in [0.717, 1.165) is 5.56 Å². The average Bonchev–Trinajstić information content (AvgIpc) is 3.09. The van der Waals surface area contributed by atoms with E-state index in [1.54, 1.807) is 6.07 Å². The number of hydrogen-bond donors (Lipinski definition) is 1. The summed E-state index contributed by atoms with van der Waals surface area (Å²) in [6, 6.07) is 10.7. The van der Waals surface area contributed by atoms with Crippen LogP contribution in [-0.4, -0.2) is 38.0 Å². The van der Waals surface area contributed by atoms with Crippen molar-refractivity contribution in [2.75, 3.05) is 30.5 Å².